The lowest BCUT2D eigenvalue weighted by Gasteiger charge is -2.21. The molecule has 1 saturated carbocycles. The Bertz CT molecular complexity index is 961. The molecule has 31 heavy (non-hydrogen) atoms. The summed E-state index contributed by atoms with van der Waals surface area (Å²) < 4.78 is 1.76. The molecule has 11 heteroatoms. The Morgan fingerprint density at radius 1 is 1.26 bits per heavy atom. The van der Waals surface area contributed by atoms with Gasteiger partial charge in [-0.25, -0.2) is 9.48 Å². The second-order valence-corrected chi connectivity index (χ2v) is 9.00. The fourth-order valence-electron chi connectivity index (χ4n) is 3.94. The van der Waals surface area contributed by atoms with E-state index in [1.54, 1.807) is 11.6 Å². The van der Waals surface area contributed by atoms with Gasteiger partial charge < -0.3 is 5.32 Å². The smallest absolute Gasteiger partial charge is 0.322 e. The van der Waals surface area contributed by atoms with Crippen LogP contribution in [0.25, 0.3) is 0 Å². The van der Waals surface area contributed by atoms with Gasteiger partial charge in [-0.2, -0.15) is 5.01 Å². The first kappa shape index (κ1) is 21.3. The third-order valence-corrected chi connectivity index (χ3v) is 6.65. The molecule has 0 bridgehead atoms. The van der Waals surface area contributed by atoms with Crippen molar-refractivity contribution in [3.8, 4) is 0 Å². The average molecular weight is 444 g/mol. The predicted octanol–water partition coefficient (Wildman–Crippen LogP) is 1.85. The number of aryl methyl sites for hydroxylation is 1. The van der Waals surface area contributed by atoms with Gasteiger partial charge in [0.15, 0.2) is 0 Å². The highest BCUT2D eigenvalue weighted by atomic mass is 32.2. The minimum atomic E-state index is -1.07. The van der Waals surface area contributed by atoms with Crippen molar-refractivity contribution in [1.82, 2.24) is 36.0 Å². The Hall–Kier alpha value is -2.95. The number of aromatic nitrogens is 4. The number of urea groups is 1. The van der Waals surface area contributed by atoms with Gasteiger partial charge in [-0.15, -0.1) is 5.10 Å². The number of benzene rings is 1. The van der Waals surface area contributed by atoms with Crippen LogP contribution in [0.15, 0.2) is 35.5 Å². The highest BCUT2D eigenvalue weighted by Crippen LogP contribution is 2.31. The van der Waals surface area contributed by atoms with Gasteiger partial charge >= 0.3 is 6.03 Å². The number of tetrazole rings is 1. The number of hydrogen-bond donors (Lipinski definition) is 2. The zero-order valence-electron chi connectivity index (χ0n) is 17.3. The Morgan fingerprint density at radius 3 is 2.74 bits per heavy atom. The van der Waals surface area contributed by atoms with Crippen molar-refractivity contribution in [2.75, 3.05) is 5.75 Å². The number of hydrazine groups is 1. The minimum Gasteiger partial charge on any atom is -0.322 e. The molecule has 1 aromatic carbocycles. The van der Waals surface area contributed by atoms with E-state index in [1.165, 1.54) is 11.8 Å². The number of imide groups is 1. The van der Waals surface area contributed by atoms with E-state index in [2.05, 4.69) is 26.3 Å². The normalized spacial score (nSPS) is 21.5. The van der Waals surface area contributed by atoms with Gasteiger partial charge in [-0.3, -0.25) is 15.0 Å². The predicted molar refractivity (Wildman–Crippen MR) is 113 cm³/mol. The molecule has 164 valence electrons. The summed E-state index contributed by atoms with van der Waals surface area (Å²) in [7, 11) is 0. The van der Waals surface area contributed by atoms with E-state index in [0.717, 1.165) is 36.3 Å². The quantitative estimate of drug-likeness (QED) is 0.472. The van der Waals surface area contributed by atoms with E-state index < -0.39 is 23.4 Å². The van der Waals surface area contributed by atoms with E-state index in [9.17, 15) is 14.4 Å². The molecule has 4 amide bonds. The Kier molecular flexibility index (Phi) is 6.21. The minimum absolute atomic E-state index is 0.00904. The van der Waals surface area contributed by atoms with Crippen LogP contribution in [0.1, 0.15) is 50.6 Å². The van der Waals surface area contributed by atoms with Gasteiger partial charge in [0.25, 0.3) is 5.91 Å². The van der Waals surface area contributed by atoms with Crippen molar-refractivity contribution in [3.63, 3.8) is 0 Å². The standard InChI is InChI=1S/C20H25N7O3S/c1-20(12-11-14-7-3-2-4-8-14)17(29)27(18(30)21-20)23-16(28)13-31-19-22-24-25-26(19)15-9-5-6-10-15/h2-4,7-8,15H,5-6,9-13H2,1H3,(H,21,30)(H,23,28). The molecule has 1 aromatic heterocycles. The summed E-state index contributed by atoms with van der Waals surface area (Å²) in [4.78, 5) is 37.6. The second kappa shape index (κ2) is 9.04. The summed E-state index contributed by atoms with van der Waals surface area (Å²) in [6.07, 6.45) is 5.39. The number of nitrogens with zero attached hydrogens (tertiary/aromatic N) is 5. The average Bonchev–Trinajstić information content (AvgIpc) is 3.49. The molecule has 1 atom stereocenters. The summed E-state index contributed by atoms with van der Waals surface area (Å²) in [5.41, 5.74) is 2.42. The molecule has 10 nitrogen and oxygen atoms in total. The number of nitrogens with one attached hydrogen (secondary N) is 2. The van der Waals surface area contributed by atoms with Crippen LogP contribution in [0, 0.1) is 0 Å². The van der Waals surface area contributed by atoms with Crippen LogP contribution in [-0.4, -0.2) is 54.4 Å². The zero-order chi connectivity index (χ0) is 21.8. The number of thioether (sulfide) groups is 1. The van der Waals surface area contributed by atoms with E-state index in [-0.39, 0.29) is 11.8 Å². The molecule has 2 heterocycles. The Balaban J connectivity index is 1.31. The Labute approximate surface area is 184 Å². The summed E-state index contributed by atoms with van der Waals surface area (Å²) >= 11 is 1.19. The lowest BCUT2D eigenvalue weighted by molar-refractivity contribution is -0.138. The van der Waals surface area contributed by atoms with E-state index in [1.807, 2.05) is 30.3 Å². The number of carbonyl (C=O) groups excluding carboxylic acids is 3. The highest BCUT2D eigenvalue weighted by molar-refractivity contribution is 7.99. The van der Waals surface area contributed by atoms with Crippen LogP contribution in [0.3, 0.4) is 0 Å². The maximum absolute atomic E-state index is 12.8. The maximum Gasteiger partial charge on any atom is 0.344 e. The number of hydrogen-bond acceptors (Lipinski definition) is 7. The molecule has 4 rings (SSSR count). The summed E-state index contributed by atoms with van der Waals surface area (Å²) in [6.45, 7) is 1.67. The third kappa shape index (κ3) is 4.71. The number of rotatable bonds is 8. The first-order valence-corrected chi connectivity index (χ1v) is 11.4. The van der Waals surface area contributed by atoms with Gasteiger partial charge in [-0.1, -0.05) is 54.9 Å². The van der Waals surface area contributed by atoms with Crippen molar-refractivity contribution >= 4 is 29.6 Å². The van der Waals surface area contributed by atoms with Crippen LogP contribution in [0.2, 0.25) is 0 Å². The van der Waals surface area contributed by atoms with E-state index in [4.69, 9.17) is 0 Å². The van der Waals surface area contributed by atoms with E-state index >= 15 is 0 Å². The molecule has 1 aliphatic carbocycles. The molecule has 2 aromatic rings. The molecule has 0 spiro atoms. The first-order valence-electron chi connectivity index (χ1n) is 10.4. The third-order valence-electron chi connectivity index (χ3n) is 5.72. The van der Waals surface area contributed by atoms with Crippen LogP contribution >= 0.6 is 11.8 Å². The van der Waals surface area contributed by atoms with Crippen molar-refractivity contribution in [3.05, 3.63) is 35.9 Å². The van der Waals surface area contributed by atoms with Gasteiger partial charge in [0.2, 0.25) is 11.1 Å². The first-order chi connectivity index (χ1) is 15.0. The van der Waals surface area contributed by atoms with Crippen molar-refractivity contribution < 1.29 is 14.4 Å². The molecule has 0 radical (unpaired) electrons. The monoisotopic (exact) mass is 443 g/mol. The molecule has 1 aliphatic heterocycles. The molecule has 2 aliphatic rings. The van der Waals surface area contributed by atoms with Crippen molar-refractivity contribution in [2.24, 2.45) is 0 Å². The molecular weight excluding hydrogens is 418 g/mol. The number of carbonyl (C=O) groups is 3. The van der Waals surface area contributed by atoms with Crippen molar-refractivity contribution in [2.45, 2.75) is 62.2 Å². The Morgan fingerprint density at radius 2 is 2.00 bits per heavy atom. The fraction of sp³-hybridized carbons (Fsp3) is 0.500. The van der Waals surface area contributed by atoms with Crippen LogP contribution in [-0.2, 0) is 16.0 Å². The zero-order valence-corrected chi connectivity index (χ0v) is 18.1. The fourth-order valence-corrected chi connectivity index (χ4v) is 4.68. The molecule has 2 N–H and O–H groups in total. The SMILES string of the molecule is CC1(CCc2ccccc2)NC(=O)N(NC(=O)CSc2nnnn2C2CCCC2)C1=O. The van der Waals surface area contributed by atoms with Gasteiger partial charge in [0, 0.05) is 0 Å². The lowest BCUT2D eigenvalue weighted by atomic mass is 9.93. The van der Waals surface area contributed by atoms with Gasteiger partial charge in [0.05, 0.1) is 11.8 Å². The van der Waals surface area contributed by atoms with Crippen LogP contribution in [0.5, 0.6) is 0 Å². The molecular formula is C20H25N7O3S. The molecule has 1 saturated heterocycles. The summed E-state index contributed by atoms with van der Waals surface area (Å²) in [5.74, 6) is -0.949. The number of amides is 4. The highest BCUT2D eigenvalue weighted by Gasteiger charge is 2.48. The largest absolute Gasteiger partial charge is 0.344 e. The van der Waals surface area contributed by atoms with E-state index in [0.29, 0.717) is 18.0 Å². The second-order valence-electron chi connectivity index (χ2n) is 8.06. The van der Waals surface area contributed by atoms with Gasteiger partial charge in [0.1, 0.15) is 5.54 Å². The lowest BCUT2D eigenvalue weighted by Crippen LogP contribution is -2.49. The van der Waals surface area contributed by atoms with Crippen LogP contribution < -0.4 is 10.7 Å². The topological polar surface area (TPSA) is 122 Å². The van der Waals surface area contributed by atoms with Gasteiger partial charge in [-0.05, 0) is 48.6 Å². The summed E-state index contributed by atoms with van der Waals surface area (Å²) in [5, 5.41) is 15.8. The molecule has 1 unspecified atom stereocenters. The maximum atomic E-state index is 12.8. The molecule has 2 fully saturated rings. The van der Waals surface area contributed by atoms with Crippen LogP contribution in [0.4, 0.5) is 4.79 Å². The summed E-state index contributed by atoms with van der Waals surface area (Å²) in [6, 6.07) is 9.36. The van der Waals surface area contributed by atoms with Crippen molar-refractivity contribution in [1.29, 1.82) is 0 Å².